The summed E-state index contributed by atoms with van der Waals surface area (Å²) in [6.07, 6.45) is 7.85. The highest BCUT2D eigenvalue weighted by molar-refractivity contribution is 7.89. The smallest absolute Gasteiger partial charge is 0.341 e. The largest absolute Gasteiger partial charge is 0.477 e. The van der Waals surface area contributed by atoms with E-state index in [1.807, 2.05) is 0 Å². The standard InChI is InChI=1S/C26H28ClFN2O5S/c1-2-3-4-5-6-13-29-36(34,35)18-11-7-16(8-12-18)22-21(28)14-19-24(23(22)27)30(17-9-10-17)15-20(25(19)31)26(32)33/h7-8,11-12,14-15,17,29H,2-6,9-10,13H2,1H3,(H,32,33). The number of hydrogen-bond donors (Lipinski definition) is 2. The number of aromatic carboxylic acids is 1. The van der Waals surface area contributed by atoms with Gasteiger partial charge in [0.15, 0.2) is 0 Å². The van der Waals surface area contributed by atoms with Crippen LogP contribution < -0.4 is 10.2 Å². The summed E-state index contributed by atoms with van der Waals surface area (Å²) < 4.78 is 44.7. The van der Waals surface area contributed by atoms with E-state index in [4.69, 9.17) is 11.6 Å². The van der Waals surface area contributed by atoms with E-state index in [9.17, 15) is 23.1 Å². The summed E-state index contributed by atoms with van der Waals surface area (Å²) in [4.78, 5) is 24.4. The molecule has 36 heavy (non-hydrogen) atoms. The Morgan fingerprint density at radius 2 is 1.83 bits per heavy atom. The van der Waals surface area contributed by atoms with Crippen LogP contribution in [0.5, 0.6) is 0 Å². The van der Waals surface area contributed by atoms with E-state index in [0.29, 0.717) is 12.1 Å². The van der Waals surface area contributed by atoms with Gasteiger partial charge >= 0.3 is 5.97 Å². The lowest BCUT2D eigenvalue weighted by Gasteiger charge is -2.16. The molecular weight excluding hydrogens is 507 g/mol. The number of nitrogens with one attached hydrogen (secondary N) is 1. The summed E-state index contributed by atoms with van der Waals surface area (Å²) >= 11 is 6.63. The quantitative estimate of drug-likeness (QED) is 0.305. The number of carbonyl (C=O) groups is 1. The van der Waals surface area contributed by atoms with Crippen molar-refractivity contribution in [1.29, 1.82) is 0 Å². The number of aromatic nitrogens is 1. The molecule has 1 aliphatic rings. The zero-order valence-electron chi connectivity index (χ0n) is 19.9. The third-order valence-electron chi connectivity index (χ3n) is 6.40. The molecule has 192 valence electrons. The first kappa shape index (κ1) is 26.3. The van der Waals surface area contributed by atoms with Gasteiger partial charge in [0.1, 0.15) is 11.4 Å². The van der Waals surface area contributed by atoms with Gasteiger partial charge in [-0.3, -0.25) is 4.79 Å². The SMILES string of the molecule is CCCCCCCNS(=O)(=O)c1ccc(-c2c(F)cc3c(=O)c(C(=O)O)cn(C4CC4)c3c2Cl)cc1. The first-order chi connectivity index (χ1) is 17.2. The monoisotopic (exact) mass is 534 g/mol. The molecule has 10 heteroatoms. The van der Waals surface area contributed by atoms with E-state index >= 15 is 4.39 Å². The van der Waals surface area contributed by atoms with Crippen LogP contribution in [0.3, 0.4) is 0 Å². The van der Waals surface area contributed by atoms with Crippen molar-refractivity contribution in [1.82, 2.24) is 9.29 Å². The Bertz CT molecular complexity index is 1460. The first-order valence-electron chi connectivity index (χ1n) is 12.1. The molecule has 7 nitrogen and oxygen atoms in total. The Morgan fingerprint density at radius 3 is 2.44 bits per heavy atom. The van der Waals surface area contributed by atoms with Gasteiger partial charge in [-0.2, -0.15) is 0 Å². The third-order valence-corrected chi connectivity index (χ3v) is 8.25. The van der Waals surface area contributed by atoms with Gasteiger partial charge < -0.3 is 9.67 Å². The van der Waals surface area contributed by atoms with Gasteiger partial charge in [0.25, 0.3) is 0 Å². The van der Waals surface area contributed by atoms with Crippen LogP contribution in [0.15, 0.2) is 46.2 Å². The van der Waals surface area contributed by atoms with Crippen LogP contribution in [0, 0.1) is 5.82 Å². The molecule has 0 atom stereocenters. The first-order valence-corrected chi connectivity index (χ1v) is 13.9. The van der Waals surface area contributed by atoms with Gasteiger partial charge in [-0.1, -0.05) is 56.3 Å². The van der Waals surface area contributed by atoms with Crippen molar-refractivity contribution in [3.63, 3.8) is 0 Å². The van der Waals surface area contributed by atoms with Crippen LogP contribution in [-0.4, -0.2) is 30.6 Å². The van der Waals surface area contributed by atoms with Crippen molar-refractivity contribution < 1.29 is 22.7 Å². The van der Waals surface area contributed by atoms with E-state index in [0.717, 1.165) is 51.0 Å². The van der Waals surface area contributed by atoms with Crippen LogP contribution in [0.2, 0.25) is 5.02 Å². The second-order valence-electron chi connectivity index (χ2n) is 9.10. The van der Waals surface area contributed by atoms with Crippen LogP contribution in [0.1, 0.15) is 68.3 Å². The summed E-state index contributed by atoms with van der Waals surface area (Å²) in [6, 6.07) is 6.69. The molecule has 0 amide bonds. The number of hydrogen-bond acceptors (Lipinski definition) is 4. The number of halogens is 2. The predicted octanol–water partition coefficient (Wildman–Crippen LogP) is 5.74. The highest BCUT2D eigenvalue weighted by Crippen LogP contribution is 2.42. The summed E-state index contributed by atoms with van der Waals surface area (Å²) in [5.41, 5.74) is -0.607. The number of unbranched alkanes of at least 4 members (excludes halogenated alkanes) is 4. The van der Waals surface area contributed by atoms with Crippen molar-refractivity contribution in [3.05, 3.63) is 63.2 Å². The van der Waals surface area contributed by atoms with Gasteiger partial charge in [0.05, 0.1) is 20.8 Å². The van der Waals surface area contributed by atoms with E-state index in [1.165, 1.54) is 30.5 Å². The Kier molecular flexibility index (Phi) is 7.82. The maximum atomic E-state index is 15.2. The Labute approximate surface area is 214 Å². The van der Waals surface area contributed by atoms with Crippen molar-refractivity contribution >= 4 is 38.5 Å². The maximum Gasteiger partial charge on any atom is 0.341 e. The number of sulfonamides is 1. The van der Waals surface area contributed by atoms with Gasteiger partial charge in [-0.15, -0.1) is 0 Å². The number of pyridine rings is 1. The molecule has 1 heterocycles. The Morgan fingerprint density at radius 1 is 1.17 bits per heavy atom. The van der Waals surface area contributed by atoms with E-state index in [1.54, 1.807) is 4.57 Å². The molecule has 1 aliphatic carbocycles. The molecule has 0 unspecified atom stereocenters. The number of benzene rings is 2. The Balaban J connectivity index is 1.67. The highest BCUT2D eigenvalue weighted by Gasteiger charge is 2.29. The molecule has 0 radical (unpaired) electrons. The van der Waals surface area contributed by atoms with E-state index in [-0.39, 0.29) is 32.4 Å². The van der Waals surface area contributed by atoms with Gasteiger partial charge in [-0.25, -0.2) is 22.3 Å². The second-order valence-corrected chi connectivity index (χ2v) is 11.2. The fourth-order valence-electron chi connectivity index (χ4n) is 4.32. The molecule has 1 aromatic heterocycles. The molecule has 2 aromatic carbocycles. The zero-order valence-corrected chi connectivity index (χ0v) is 21.5. The number of carboxylic acids is 1. The minimum atomic E-state index is -3.71. The zero-order chi connectivity index (χ0) is 26.0. The fraction of sp³-hybridized carbons (Fsp3) is 0.385. The molecule has 0 saturated heterocycles. The van der Waals surface area contributed by atoms with Crippen molar-refractivity contribution in [3.8, 4) is 11.1 Å². The molecule has 4 rings (SSSR count). The number of rotatable bonds is 11. The second kappa shape index (κ2) is 10.7. The van der Waals surface area contributed by atoms with Crippen molar-refractivity contribution in [2.75, 3.05) is 6.54 Å². The van der Waals surface area contributed by atoms with Gasteiger partial charge in [0.2, 0.25) is 15.5 Å². The summed E-state index contributed by atoms with van der Waals surface area (Å²) in [5.74, 6) is -2.18. The molecule has 1 fully saturated rings. The number of fused-ring (bicyclic) bond motifs is 1. The molecule has 3 aromatic rings. The average Bonchev–Trinajstić information content (AvgIpc) is 3.67. The normalized spacial score (nSPS) is 13.9. The van der Waals surface area contributed by atoms with Gasteiger partial charge in [-0.05, 0) is 43.0 Å². The lowest BCUT2D eigenvalue weighted by molar-refractivity contribution is 0.0694. The summed E-state index contributed by atoms with van der Waals surface area (Å²) in [7, 11) is -3.71. The predicted molar refractivity (Wildman–Crippen MR) is 138 cm³/mol. The van der Waals surface area contributed by atoms with E-state index in [2.05, 4.69) is 11.6 Å². The van der Waals surface area contributed by atoms with Crippen molar-refractivity contribution in [2.45, 2.75) is 62.8 Å². The number of nitrogens with zero attached hydrogens (tertiary/aromatic N) is 1. The fourth-order valence-corrected chi connectivity index (χ4v) is 5.79. The molecular formula is C26H28ClFN2O5S. The lowest BCUT2D eigenvalue weighted by Crippen LogP contribution is -2.24. The minimum absolute atomic E-state index is 0.0215. The van der Waals surface area contributed by atoms with Crippen LogP contribution in [0.4, 0.5) is 4.39 Å². The van der Waals surface area contributed by atoms with E-state index < -0.39 is 32.8 Å². The molecule has 0 aliphatic heterocycles. The molecule has 0 spiro atoms. The maximum absolute atomic E-state index is 15.2. The number of carboxylic acid groups (broad SMARTS) is 1. The van der Waals surface area contributed by atoms with Crippen LogP contribution >= 0.6 is 11.6 Å². The summed E-state index contributed by atoms with van der Waals surface area (Å²) in [6.45, 7) is 2.46. The van der Waals surface area contributed by atoms with Crippen LogP contribution in [0.25, 0.3) is 22.0 Å². The topological polar surface area (TPSA) is 105 Å². The average molecular weight is 535 g/mol. The van der Waals surface area contributed by atoms with Gasteiger partial charge in [0, 0.05) is 24.3 Å². The van der Waals surface area contributed by atoms with Crippen LogP contribution in [-0.2, 0) is 10.0 Å². The Hall–Kier alpha value is -2.75. The van der Waals surface area contributed by atoms with Crippen molar-refractivity contribution in [2.24, 2.45) is 0 Å². The highest BCUT2D eigenvalue weighted by atomic mass is 35.5. The molecule has 0 bridgehead atoms. The lowest BCUT2D eigenvalue weighted by atomic mass is 10.0. The molecule has 2 N–H and O–H groups in total. The summed E-state index contributed by atoms with van der Waals surface area (Å²) in [5, 5.41) is 9.30. The third kappa shape index (κ3) is 5.33. The molecule has 1 saturated carbocycles. The minimum Gasteiger partial charge on any atom is -0.477 e.